The Morgan fingerprint density at radius 3 is 2.61 bits per heavy atom. The van der Waals surface area contributed by atoms with E-state index >= 15 is 0 Å². The zero-order chi connectivity index (χ0) is 13.1. The molecule has 0 radical (unpaired) electrons. The lowest BCUT2D eigenvalue weighted by atomic mass is 10.1. The Labute approximate surface area is 110 Å². The molecule has 2 heterocycles. The van der Waals surface area contributed by atoms with Gasteiger partial charge in [0.15, 0.2) is 11.5 Å². The summed E-state index contributed by atoms with van der Waals surface area (Å²) in [7, 11) is 1.28. The Hall–Kier alpha value is -1.56. The van der Waals surface area contributed by atoms with Crippen molar-refractivity contribution in [3.8, 4) is 0 Å². The average Bonchev–Trinajstić information content (AvgIpc) is 2.41. The van der Waals surface area contributed by atoms with Crippen LogP contribution in [0.3, 0.4) is 0 Å². The second kappa shape index (κ2) is 5.39. The molecule has 2 rings (SSSR count). The van der Waals surface area contributed by atoms with Gasteiger partial charge >= 0.3 is 5.97 Å². The first-order valence-electron chi connectivity index (χ1n) is 5.79. The van der Waals surface area contributed by atoms with Crippen molar-refractivity contribution >= 4 is 29.1 Å². The van der Waals surface area contributed by atoms with E-state index in [-0.39, 0.29) is 16.7 Å². The van der Waals surface area contributed by atoms with Gasteiger partial charge in [-0.05, 0) is 30.9 Å². The molecule has 0 amide bonds. The quantitative estimate of drug-likeness (QED) is 0.648. The van der Waals surface area contributed by atoms with Gasteiger partial charge in [0.05, 0.1) is 7.11 Å². The SMILES string of the molecule is COC(=O)c1nc(Cl)nc(N2CCCCC2)c1N. The fourth-order valence-electron chi connectivity index (χ4n) is 2.03. The third-order valence-electron chi connectivity index (χ3n) is 2.93. The lowest BCUT2D eigenvalue weighted by Crippen LogP contribution is -2.31. The third kappa shape index (κ3) is 2.48. The van der Waals surface area contributed by atoms with Crippen molar-refractivity contribution in [2.75, 3.05) is 30.8 Å². The number of halogens is 1. The van der Waals surface area contributed by atoms with Gasteiger partial charge in [-0.15, -0.1) is 0 Å². The van der Waals surface area contributed by atoms with Crippen LogP contribution in [0.1, 0.15) is 29.8 Å². The van der Waals surface area contributed by atoms with Crippen LogP contribution in [0.25, 0.3) is 0 Å². The number of hydrogen-bond donors (Lipinski definition) is 1. The molecule has 0 spiro atoms. The number of hydrogen-bond acceptors (Lipinski definition) is 6. The molecule has 1 saturated heterocycles. The van der Waals surface area contributed by atoms with Gasteiger partial charge in [-0.3, -0.25) is 0 Å². The average molecular weight is 271 g/mol. The van der Waals surface area contributed by atoms with E-state index < -0.39 is 5.97 Å². The van der Waals surface area contributed by atoms with Gasteiger partial charge in [-0.1, -0.05) is 0 Å². The Balaban J connectivity index is 2.40. The molecule has 0 aliphatic carbocycles. The predicted molar refractivity (Wildman–Crippen MR) is 68.9 cm³/mol. The molecule has 1 fully saturated rings. The van der Waals surface area contributed by atoms with Gasteiger partial charge in [0.1, 0.15) is 5.69 Å². The predicted octanol–water partition coefficient (Wildman–Crippen LogP) is 1.49. The Kier molecular flexibility index (Phi) is 3.86. The second-order valence-electron chi connectivity index (χ2n) is 4.12. The van der Waals surface area contributed by atoms with Gasteiger partial charge in [-0.2, -0.15) is 4.98 Å². The minimum absolute atomic E-state index is 0.00479. The molecular weight excluding hydrogens is 256 g/mol. The van der Waals surface area contributed by atoms with E-state index in [9.17, 15) is 4.79 Å². The van der Waals surface area contributed by atoms with Gasteiger partial charge < -0.3 is 15.4 Å². The number of rotatable bonds is 2. The van der Waals surface area contributed by atoms with Gasteiger partial charge in [0.25, 0.3) is 0 Å². The van der Waals surface area contributed by atoms with Crippen molar-refractivity contribution in [3.05, 3.63) is 11.0 Å². The molecule has 1 aliphatic heterocycles. The number of esters is 1. The zero-order valence-corrected chi connectivity index (χ0v) is 10.9. The molecular formula is C11H15ClN4O2. The van der Waals surface area contributed by atoms with Gasteiger partial charge in [-0.25, -0.2) is 9.78 Å². The molecule has 1 aromatic heterocycles. The molecule has 7 heteroatoms. The molecule has 1 aromatic rings. The van der Waals surface area contributed by atoms with E-state index in [0.29, 0.717) is 5.82 Å². The largest absolute Gasteiger partial charge is 0.464 e. The van der Waals surface area contributed by atoms with Crippen LogP contribution >= 0.6 is 11.6 Å². The molecule has 18 heavy (non-hydrogen) atoms. The van der Waals surface area contributed by atoms with E-state index in [1.165, 1.54) is 13.5 Å². The topological polar surface area (TPSA) is 81.3 Å². The van der Waals surface area contributed by atoms with Crippen LogP contribution in [0, 0.1) is 0 Å². The summed E-state index contributed by atoms with van der Waals surface area (Å²) in [6, 6.07) is 0. The monoisotopic (exact) mass is 270 g/mol. The standard InChI is InChI=1S/C11H15ClN4O2/c1-18-10(17)8-7(13)9(15-11(12)14-8)16-5-3-2-4-6-16/h2-6,13H2,1H3. The highest BCUT2D eigenvalue weighted by Crippen LogP contribution is 2.27. The summed E-state index contributed by atoms with van der Waals surface area (Å²) < 4.78 is 4.63. The van der Waals surface area contributed by atoms with Crippen molar-refractivity contribution in [2.45, 2.75) is 19.3 Å². The fourth-order valence-corrected chi connectivity index (χ4v) is 2.19. The number of ether oxygens (including phenoxy) is 1. The highest BCUT2D eigenvalue weighted by Gasteiger charge is 2.22. The number of methoxy groups -OCH3 is 1. The number of nitrogens with two attached hydrogens (primary N) is 1. The summed E-state index contributed by atoms with van der Waals surface area (Å²) >= 11 is 5.83. The van der Waals surface area contributed by atoms with Crippen molar-refractivity contribution in [2.24, 2.45) is 0 Å². The first-order chi connectivity index (χ1) is 8.63. The Morgan fingerprint density at radius 1 is 1.33 bits per heavy atom. The highest BCUT2D eigenvalue weighted by atomic mass is 35.5. The molecule has 0 atom stereocenters. The normalized spacial score (nSPS) is 15.6. The maximum atomic E-state index is 11.6. The molecule has 0 bridgehead atoms. The van der Waals surface area contributed by atoms with E-state index in [2.05, 4.69) is 14.7 Å². The zero-order valence-electron chi connectivity index (χ0n) is 10.1. The lowest BCUT2D eigenvalue weighted by Gasteiger charge is -2.28. The van der Waals surface area contributed by atoms with Crippen LogP contribution in [0.2, 0.25) is 5.28 Å². The van der Waals surface area contributed by atoms with E-state index in [1.807, 2.05) is 4.90 Å². The van der Waals surface area contributed by atoms with Crippen molar-refractivity contribution in [1.29, 1.82) is 0 Å². The number of carbonyl (C=O) groups excluding carboxylic acids is 1. The van der Waals surface area contributed by atoms with E-state index in [4.69, 9.17) is 17.3 Å². The molecule has 1 aliphatic rings. The first-order valence-corrected chi connectivity index (χ1v) is 6.17. The maximum Gasteiger partial charge on any atom is 0.359 e. The minimum atomic E-state index is -0.602. The first kappa shape index (κ1) is 12.9. The van der Waals surface area contributed by atoms with Crippen LogP contribution < -0.4 is 10.6 Å². The number of anilines is 2. The molecule has 0 unspecified atom stereocenters. The smallest absolute Gasteiger partial charge is 0.359 e. The summed E-state index contributed by atoms with van der Waals surface area (Å²) in [6.07, 6.45) is 3.35. The summed E-state index contributed by atoms with van der Waals surface area (Å²) in [5.74, 6) is -0.0786. The summed E-state index contributed by atoms with van der Waals surface area (Å²) in [5.41, 5.74) is 6.19. The van der Waals surface area contributed by atoms with Crippen LogP contribution in [0.5, 0.6) is 0 Å². The number of piperidine rings is 1. The Morgan fingerprint density at radius 2 is 2.00 bits per heavy atom. The summed E-state index contributed by atoms with van der Waals surface area (Å²) in [6.45, 7) is 1.72. The van der Waals surface area contributed by atoms with Crippen LogP contribution in [0.4, 0.5) is 11.5 Å². The summed E-state index contributed by atoms with van der Waals surface area (Å²) in [4.78, 5) is 21.5. The van der Waals surface area contributed by atoms with Crippen molar-refractivity contribution < 1.29 is 9.53 Å². The molecule has 0 saturated carbocycles. The highest BCUT2D eigenvalue weighted by molar-refractivity contribution is 6.28. The van der Waals surface area contributed by atoms with Gasteiger partial charge in [0, 0.05) is 13.1 Å². The molecule has 2 N–H and O–H groups in total. The van der Waals surface area contributed by atoms with Crippen LogP contribution in [-0.2, 0) is 4.74 Å². The number of nitrogen functional groups attached to an aromatic ring is 1. The summed E-state index contributed by atoms with van der Waals surface area (Å²) in [5, 5.41) is 0.00479. The number of aromatic nitrogens is 2. The second-order valence-corrected chi connectivity index (χ2v) is 4.46. The number of nitrogens with zero attached hydrogens (tertiary/aromatic N) is 3. The molecule has 6 nitrogen and oxygen atoms in total. The van der Waals surface area contributed by atoms with Crippen LogP contribution in [0.15, 0.2) is 0 Å². The van der Waals surface area contributed by atoms with E-state index in [1.54, 1.807) is 0 Å². The lowest BCUT2D eigenvalue weighted by molar-refractivity contribution is 0.0595. The van der Waals surface area contributed by atoms with E-state index in [0.717, 1.165) is 25.9 Å². The molecule has 98 valence electrons. The van der Waals surface area contributed by atoms with Crippen LogP contribution in [-0.4, -0.2) is 36.1 Å². The van der Waals surface area contributed by atoms with Crippen molar-refractivity contribution in [1.82, 2.24) is 9.97 Å². The third-order valence-corrected chi connectivity index (χ3v) is 3.10. The minimum Gasteiger partial charge on any atom is -0.464 e. The van der Waals surface area contributed by atoms with Crippen molar-refractivity contribution in [3.63, 3.8) is 0 Å². The maximum absolute atomic E-state index is 11.6. The fraction of sp³-hybridized carbons (Fsp3) is 0.545. The molecule has 0 aromatic carbocycles. The Bertz CT molecular complexity index is 461. The van der Waals surface area contributed by atoms with Gasteiger partial charge in [0.2, 0.25) is 5.28 Å². The number of carbonyl (C=O) groups is 1.